The lowest BCUT2D eigenvalue weighted by atomic mass is 9.99. The molecule has 1 saturated heterocycles. The van der Waals surface area contributed by atoms with Crippen molar-refractivity contribution in [2.24, 2.45) is 5.92 Å². The molecule has 2 N–H and O–H groups in total. The second-order valence-electron chi connectivity index (χ2n) is 4.49. The molecular weight excluding hydrogens is 192 g/mol. The summed E-state index contributed by atoms with van der Waals surface area (Å²) in [5, 5.41) is 12.6. The third-order valence-electron chi connectivity index (χ3n) is 3.09. The molecule has 1 heterocycles. The van der Waals surface area contributed by atoms with Crippen LogP contribution in [-0.2, 0) is 4.79 Å². The van der Waals surface area contributed by atoms with Crippen molar-refractivity contribution in [3.63, 3.8) is 0 Å². The summed E-state index contributed by atoms with van der Waals surface area (Å²) < 4.78 is 0. The molecule has 0 aromatic carbocycles. The molecule has 88 valence electrons. The van der Waals surface area contributed by atoms with E-state index >= 15 is 0 Å². The van der Waals surface area contributed by atoms with Gasteiger partial charge in [-0.15, -0.1) is 0 Å². The maximum Gasteiger partial charge on any atom is 0.222 e. The highest BCUT2D eigenvalue weighted by Crippen LogP contribution is 2.13. The summed E-state index contributed by atoms with van der Waals surface area (Å²) in [7, 11) is 0. The Kier molecular flexibility index (Phi) is 4.54. The highest BCUT2D eigenvalue weighted by atomic mass is 16.3. The molecule has 1 fully saturated rings. The maximum absolute atomic E-state index is 11.7. The van der Waals surface area contributed by atoms with Crippen molar-refractivity contribution in [1.29, 1.82) is 0 Å². The van der Waals surface area contributed by atoms with Gasteiger partial charge in [-0.05, 0) is 5.92 Å². The van der Waals surface area contributed by atoms with Crippen LogP contribution in [0.5, 0.6) is 0 Å². The monoisotopic (exact) mass is 214 g/mol. The van der Waals surface area contributed by atoms with E-state index in [-0.39, 0.29) is 18.6 Å². The van der Waals surface area contributed by atoms with Crippen LogP contribution >= 0.6 is 0 Å². The van der Waals surface area contributed by atoms with Crippen molar-refractivity contribution in [2.45, 2.75) is 39.3 Å². The molecule has 1 amide bonds. The number of rotatable bonds is 3. The van der Waals surface area contributed by atoms with Gasteiger partial charge in [0.2, 0.25) is 5.91 Å². The maximum atomic E-state index is 11.7. The number of carbonyl (C=O) groups excluding carboxylic acids is 1. The lowest BCUT2D eigenvalue weighted by molar-refractivity contribution is -0.136. The van der Waals surface area contributed by atoms with Crippen molar-refractivity contribution in [3.8, 4) is 0 Å². The van der Waals surface area contributed by atoms with E-state index in [1.807, 2.05) is 11.8 Å². The largest absolute Gasteiger partial charge is 0.394 e. The number of amides is 1. The molecule has 15 heavy (non-hydrogen) atoms. The Labute approximate surface area is 91.6 Å². The molecule has 2 unspecified atom stereocenters. The van der Waals surface area contributed by atoms with E-state index in [1.165, 1.54) is 0 Å². The Balaban J connectivity index is 2.65. The number of aliphatic hydroxyl groups is 1. The van der Waals surface area contributed by atoms with Crippen LogP contribution in [0.4, 0.5) is 0 Å². The molecule has 1 rings (SSSR count). The van der Waals surface area contributed by atoms with Crippen molar-refractivity contribution in [3.05, 3.63) is 0 Å². The summed E-state index contributed by atoms with van der Waals surface area (Å²) in [5.41, 5.74) is 0. The average molecular weight is 214 g/mol. The number of hydrogen-bond donors (Lipinski definition) is 2. The topological polar surface area (TPSA) is 52.6 Å². The minimum atomic E-state index is -0.0487. The molecule has 0 aromatic rings. The van der Waals surface area contributed by atoms with E-state index in [0.717, 1.165) is 6.54 Å². The second-order valence-corrected chi connectivity index (χ2v) is 4.49. The number of hydrogen-bond acceptors (Lipinski definition) is 3. The minimum Gasteiger partial charge on any atom is -0.394 e. The van der Waals surface area contributed by atoms with Gasteiger partial charge < -0.3 is 15.3 Å². The van der Waals surface area contributed by atoms with Crippen LogP contribution in [0.1, 0.15) is 27.2 Å². The zero-order valence-corrected chi connectivity index (χ0v) is 9.86. The lowest BCUT2D eigenvalue weighted by Crippen LogP contribution is -2.60. The summed E-state index contributed by atoms with van der Waals surface area (Å²) in [6.45, 7) is 7.62. The standard InChI is InChI=1S/C11H22N2O2/c1-4-11(15)13-6-10(8(2)3)12-5-9(13)7-14/h8-10,12,14H,4-7H2,1-3H3. The number of nitrogens with one attached hydrogen (secondary N) is 1. The molecule has 0 spiro atoms. The molecule has 2 atom stereocenters. The molecule has 0 aromatic heterocycles. The van der Waals surface area contributed by atoms with Crippen LogP contribution in [0, 0.1) is 5.92 Å². The third-order valence-corrected chi connectivity index (χ3v) is 3.09. The van der Waals surface area contributed by atoms with E-state index in [4.69, 9.17) is 0 Å². The molecule has 0 saturated carbocycles. The highest BCUT2D eigenvalue weighted by Gasteiger charge is 2.30. The highest BCUT2D eigenvalue weighted by molar-refractivity contribution is 5.76. The van der Waals surface area contributed by atoms with Crippen LogP contribution in [-0.4, -0.2) is 47.7 Å². The Hall–Kier alpha value is -0.610. The second kappa shape index (κ2) is 5.47. The Morgan fingerprint density at radius 3 is 2.73 bits per heavy atom. The van der Waals surface area contributed by atoms with E-state index in [1.54, 1.807) is 0 Å². The van der Waals surface area contributed by atoms with Crippen LogP contribution in [0.2, 0.25) is 0 Å². The molecule has 1 aliphatic rings. The van der Waals surface area contributed by atoms with Crippen LogP contribution in [0.15, 0.2) is 0 Å². The zero-order chi connectivity index (χ0) is 11.4. The summed E-state index contributed by atoms with van der Waals surface area (Å²) in [6, 6.07) is 0.302. The van der Waals surface area contributed by atoms with Gasteiger partial charge >= 0.3 is 0 Å². The molecular formula is C11H22N2O2. The molecule has 4 nitrogen and oxygen atoms in total. The van der Waals surface area contributed by atoms with E-state index in [0.29, 0.717) is 24.9 Å². The first kappa shape index (κ1) is 12.5. The Bertz CT molecular complexity index is 219. The van der Waals surface area contributed by atoms with Crippen LogP contribution < -0.4 is 5.32 Å². The normalized spacial score (nSPS) is 27.1. The summed E-state index contributed by atoms with van der Waals surface area (Å²) in [6.07, 6.45) is 0.515. The third kappa shape index (κ3) is 2.92. The zero-order valence-electron chi connectivity index (χ0n) is 9.86. The summed E-state index contributed by atoms with van der Waals surface area (Å²) in [5.74, 6) is 0.651. The minimum absolute atomic E-state index is 0.0452. The fourth-order valence-corrected chi connectivity index (χ4v) is 1.94. The number of aliphatic hydroxyl groups excluding tert-OH is 1. The SMILES string of the molecule is CCC(=O)N1CC(C(C)C)NCC1CO. The van der Waals surface area contributed by atoms with Gasteiger partial charge in [-0.2, -0.15) is 0 Å². The fraction of sp³-hybridized carbons (Fsp3) is 0.909. The van der Waals surface area contributed by atoms with Crippen molar-refractivity contribution in [2.75, 3.05) is 19.7 Å². The lowest BCUT2D eigenvalue weighted by Gasteiger charge is -2.41. The van der Waals surface area contributed by atoms with E-state index < -0.39 is 0 Å². The number of piperazine rings is 1. The predicted molar refractivity (Wildman–Crippen MR) is 59.5 cm³/mol. The van der Waals surface area contributed by atoms with Gasteiger partial charge in [0, 0.05) is 25.6 Å². The smallest absolute Gasteiger partial charge is 0.222 e. The molecule has 4 heteroatoms. The van der Waals surface area contributed by atoms with Gasteiger partial charge in [-0.25, -0.2) is 0 Å². The van der Waals surface area contributed by atoms with Crippen LogP contribution in [0.3, 0.4) is 0 Å². The molecule has 0 radical (unpaired) electrons. The van der Waals surface area contributed by atoms with Gasteiger partial charge in [0.05, 0.1) is 12.6 Å². The van der Waals surface area contributed by atoms with Gasteiger partial charge in [0.15, 0.2) is 0 Å². The van der Waals surface area contributed by atoms with Gasteiger partial charge in [0.25, 0.3) is 0 Å². The van der Waals surface area contributed by atoms with E-state index in [2.05, 4.69) is 19.2 Å². The first-order valence-electron chi connectivity index (χ1n) is 5.73. The van der Waals surface area contributed by atoms with Gasteiger partial charge in [-0.1, -0.05) is 20.8 Å². The first-order chi connectivity index (χ1) is 7.10. The van der Waals surface area contributed by atoms with Crippen LogP contribution in [0.25, 0.3) is 0 Å². The first-order valence-corrected chi connectivity index (χ1v) is 5.73. The quantitative estimate of drug-likeness (QED) is 0.706. The molecule has 0 bridgehead atoms. The number of nitrogens with zero attached hydrogens (tertiary/aromatic N) is 1. The summed E-state index contributed by atoms with van der Waals surface area (Å²) >= 11 is 0. The average Bonchev–Trinajstić information content (AvgIpc) is 2.27. The molecule has 1 aliphatic heterocycles. The van der Waals surface area contributed by atoms with Crippen molar-refractivity contribution < 1.29 is 9.90 Å². The Morgan fingerprint density at radius 2 is 2.27 bits per heavy atom. The van der Waals surface area contributed by atoms with Gasteiger partial charge in [0.1, 0.15) is 0 Å². The fourth-order valence-electron chi connectivity index (χ4n) is 1.94. The molecule has 0 aliphatic carbocycles. The van der Waals surface area contributed by atoms with Crippen molar-refractivity contribution in [1.82, 2.24) is 10.2 Å². The van der Waals surface area contributed by atoms with E-state index in [9.17, 15) is 9.90 Å². The number of carbonyl (C=O) groups is 1. The van der Waals surface area contributed by atoms with Crippen molar-refractivity contribution >= 4 is 5.91 Å². The summed E-state index contributed by atoms with van der Waals surface area (Å²) in [4.78, 5) is 13.5. The van der Waals surface area contributed by atoms with Gasteiger partial charge in [-0.3, -0.25) is 4.79 Å². The predicted octanol–water partition coefficient (Wildman–Crippen LogP) is 0.214. The Morgan fingerprint density at radius 1 is 1.60 bits per heavy atom.